The van der Waals surface area contributed by atoms with Crippen molar-refractivity contribution in [2.45, 2.75) is 38.5 Å². The second-order valence-corrected chi connectivity index (χ2v) is 9.28. The van der Waals surface area contributed by atoms with Gasteiger partial charge < -0.3 is 15.0 Å². The molecule has 2 aromatic rings. The number of benzene rings is 2. The maximum atomic E-state index is 12.7. The molecule has 0 saturated carbocycles. The van der Waals surface area contributed by atoms with E-state index in [0.29, 0.717) is 73.8 Å². The molecule has 2 aliphatic rings. The highest BCUT2D eigenvalue weighted by Crippen LogP contribution is 2.28. The number of likely N-dealkylation sites (tertiary alicyclic amines) is 1. The molecule has 2 amide bonds. The summed E-state index contributed by atoms with van der Waals surface area (Å²) in [4.78, 5) is 38.6. The molecule has 33 heavy (non-hydrogen) atoms. The number of carbonyl (C=O) groups is 3. The number of aryl methyl sites for hydroxylation is 1. The van der Waals surface area contributed by atoms with Crippen LogP contribution in [0.3, 0.4) is 0 Å². The molecule has 1 fully saturated rings. The van der Waals surface area contributed by atoms with Crippen LogP contribution in [0.15, 0.2) is 36.4 Å². The molecular weight excluding hydrogens is 463 g/mol. The first-order valence-electron chi connectivity index (χ1n) is 11.2. The first-order valence-corrected chi connectivity index (χ1v) is 12.0. The number of ketones is 1. The smallest absolute Gasteiger partial charge is 0.224 e. The molecule has 2 aromatic carbocycles. The Morgan fingerprint density at radius 2 is 1.82 bits per heavy atom. The van der Waals surface area contributed by atoms with Gasteiger partial charge in [-0.3, -0.25) is 14.4 Å². The Morgan fingerprint density at radius 1 is 1.03 bits per heavy atom. The molecule has 0 spiro atoms. The number of amides is 2. The van der Waals surface area contributed by atoms with Gasteiger partial charge in [-0.1, -0.05) is 23.2 Å². The zero-order valence-electron chi connectivity index (χ0n) is 18.2. The summed E-state index contributed by atoms with van der Waals surface area (Å²) in [6.45, 7) is 1.60. The Hall–Kier alpha value is -2.57. The Kier molecular flexibility index (Phi) is 7.56. The summed E-state index contributed by atoms with van der Waals surface area (Å²) in [7, 11) is 0. The van der Waals surface area contributed by atoms with Crippen LogP contribution < -0.4 is 10.1 Å². The summed E-state index contributed by atoms with van der Waals surface area (Å²) < 4.78 is 5.80. The third kappa shape index (κ3) is 5.87. The van der Waals surface area contributed by atoms with Crippen LogP contribution in [0.2, 0.25) is 10.0 Å². The second kappa shape index (κ2) is 10.6. The van der Waals surface area contributed by atoms with Crippen molar-refractivity contribution in [2.24, 2.45) is 5.92 Å². The lowest BCUT2D eigenvalue weighted by atomic mass is 9.89. The lowest BCUT2D eigenvalue weighted by Crippen LogP contribution is -2.40. The molecule has 0 unspecified atom stereocenters. The lowest BCUT2D eigenvalue weighted by Gasteiger charge is -2.31. The molecule has 0 bridgehead atoms. The number of fused-ring (bicyclic) bond motifs is 1. The summed E-state index contributed by atoms with van der Waals surface area (Å²) in [5.41, 5.74) is 2.48. The quantitative estimate of drug-likeness (QED) is 0.431. The van der Waals surface area contributed by atoms with Crippen molar-refractivity contribution in [2.75, 3.05) is 25.0 Å². The molecule has 1 N–H and O–H groups in total. The number of nitrogens with zero attached hydrogens (tertiary/aromatic N) is 1. The summed E-state index contributed by atoms with van der Waals surface area (Å²) in [6, 6.07) is 10.6. The predicted molar refractivity (Wildman–Crippen MR) is 128 cm³/mol. The summed E-state index contributed by atoms with van der Waals surface area (Å²) in [6.07, 6.45) is 3.52. The monoisotopic (exact) mass is 488 g/mol. The molecule has 6 nitrogen and oxygen atoms in total. The molecular formula is C25H26Cl2N2O4. The largest absolute Gasteiger partial charge is 0.494 e. The van der Waals surface area contributed by atoms with E-state index in [0.717, 1.165) is 17.0 Å². The first-order chi connectivity index (χ1) is 15.9. The number of hydrogen-bond donors (Lipinski definition) is 1. The highest BCUT2D eigenvalue weighted by molar-refractivity contribution is 6.42. The molecule has 4 rings (SSSR count). The number of carbonyl (C=O) groups excluding carboxylic acids is 3. The zero-order valence-corrected chi connectivity index (χ0v) is 19.8. The Bertz CT molecular complexity index is 1060. The van der Waals surface area contributed by atoms with Gasteiger partial charge in [-0.15, -0.1) is 0 Å². The average molecular weight is 489 g/mol. The van der Waals surface area contributed by atoms with Crippen LogP contribution in [0, 0.1) is 5.92 Å². The topological polar surface area (TPSA) is 75.7 Å². The second-order valence-electron chi connectivity index (χ2n) is 8.47. The van der Waals surface area contributed by atoms with Gasteiger partial charge in [0.2, 0.25) is 11.8 Å². The maximum Gasteiger partial charge on any atom is 0.224 e. The van der Waals surface area contributed by atoms with Gasteiger partial charge >= 0.3 is 0 Å². The third-order valence-corrected chi connectivity index (χ3v) is 6.94. The fourth-order valence-corrected chi connectivity index (χ4v) is 4.60. The van der Waals surface area contributed by atoms with Crippen molar-refractivity contribution in [3.63, 3.8) is 0 Å². The first kappa shape index (κ1) is 23.6. The van der Waals surface area contributed by atoms with Crippen molar-refractivity contribution in [1.29, 1.82) is 0 Å². The Morgan fingerprint density at radius 3 is 2.58 bits per heavy atom. The number of nitrogens with one attached hydrogen (secondary N) is 1. The molecule has 2 heterocycles. The van der Waals surface area contributed by atoms with Crippen LogP contribution in [0.25, 0.3) is 0 Å². The molecule has 0 atom stereocenters. The molecule has 0 aromatic heterocycles. The van der Waals surface area contributed by atoms with E-state index < -0.39 is 0 Å². The van der Waals surface area contributed by atoms with Gasteiger partial charge in [-0.2, -0.15) is 0 Å². The summed E-state index contributed by atoms with van der Waals surface area (Å²) >= 11 is 12.0. The van der Waals surface area contributed by atoms with E-state index in [2.05, 4.69) is 5.32 Å². The van der Waals surface area contributed by atoms with Crippen LogP contribution in [0.1, 0.15) is 48.0 Å². The number of piperidine rings is 1. The Labute approximate surface area is 203 Å². The zero-order chi connectivity index (χ0) is 23.4. The maximum absolute atomic E-state index is 12.7. The predicted octanol–water partition coefficient (Wildman–Crippen LogP) is 5.16. The summed E-state index contributed by atoms with van der Waals surface area (Å²) in [5.74, 6) is 0.825. The standard InChI is InChI=1S/C25H26Cl2N2O4/c26-20-6-3-18(15-21(20)27)25(32)16-9-11-29(12-10-16)24(31)2-1-13-33-19-5-7-22-17(14-19)4-8-23(30)28-22/h3,5-7,14-16H,1-2,4,8-13H2,(H,28,30). The van der Waals surface area contributed by atoms with Gasteiger partial charge in [0.15, 0.2) is 5.78 Å². The van der Waals surface area contributed by atoms with Gasteiger partial charge in [0.25, 0.3) is 0 Å². The van der Waals surface area contributed by atoms with Crippen molar-refractivity contribution >= 4 is 46.5 Å². The van der Waals surface area contributed by atoms with Crippen LogP contribution in [-0.2, 0) is 16.0 Å². The lowest BCUT2D eigenvalue weighted by molar-refractivity contribution is -0.132. The van der Waals surface area contributed by atoms with Crippen molar-refractivity contribution in [3.05, 3.63) is 57.6 Å². The SMILES string of the molecule is O=C1CCc2cc(OCCCC(=O)N3CCC(C(=O)c4ccc(Cl)c(Cl)c4)CC3)ccc2N1. The highest BCUT2D eigenvalue weighted by atomic mass is 35.5. The van der Waals surface area contributed by atoms with E-state index >= 15 is 0 Å². The molecule has 174 valence electrons. The number of hydrogen-bond acceptors (Lipinski definition) is 4. The third-order valence-electron chi connectivity index (χ3n) is 6.20. The molecule has 0 radical (unpaired) electrons. The van der Waals surface area contributed by atoms with E-state index in [9.17, 15) is 14.4 Å². The number of halogens is 2. The van der Waals surface area contributed by atoms with E-state index in [1.165, 1.54) is 0 Å². The minimum absolute atomic E-state index is 0.0393. The average Bonchev–Trinajstić information content (AvgIpc) is 2.83. The number of rotatable bonds is 7. The minimum atomic E-state index is -0.108. The molecule has 0 aliphatic carbocycles. The van der Waals surface area contributed by atoms with Crippen LogP contribution in [-0.4, -0.2) is 42.2 Å². The molecule has 1 saturated heterocycles. The fraction of sp³-hybridized carbons (Fsp3) is 0.400. The van der Waals surface area contributed by atoms with Gasteiger partial charge in [-0.25, -0.2) is 0 Å². The van der Waals surface area contributed by atoms with E-state index in [1.54, 1.807) is 18.2 Å². The Balaban J connectivity index is 1.18. The number of ether oxygens (including phenoxy) is 1. The van der Waals surface area contributed by atoms with Crippen LogP contribution in [0.4, 0.5) is 5.69 Å². The van der Waals surface area contributed by atoms with E-state index in [1.807, 2.05) is 23.1 Å². The van der Waals surface area contributed by atoms with Gasteiger partial charge in [0, 0.05) is 43.1 Å². The van der Waals surface area contributed by atoms with Crippen LogP contribution >= 0.6 is 23.2 Å². The van der Waals surface area contributed by atoms with Crippen molar-refractivity contribution in [3.8, 4) is 5.75 Å². The highest BCUT2D eigenvalue weighted by Gasteiger charge is 2.28. The van der Waals surface area contributed by atoms with E-state index in [-0.39, 0.29) is 23.5 Å². The fourth-order valence-electron chi connectivity index (χ4n) is 4.30. The van der Waals surface area contributed by atoms with Gasteiger partial charge in [0.1, 0.15) is 5.75 Å². The van der Waals surface area contributed by atoms with Crippen molar-refractivity contribution in [1.82, 2.24) is 4.90 Å². The van der Waals surface area contributed by atoms with Crippen LogP contribution in [0.5, 0.6) is 5.75 Å². The number of Topliss-reactive ketones (excluding diaryl/α,β-unsaturated/α-hetero) is 1. The van der Waals surface area contributed by atoms with Gasteiger partial charge in [0.05, 0.1) is 16.7 Å². The molecule has 2 aliphatic heterocycles. The molecule has 8 heteroatoms. The number of anilines is 1. The minimum Gasteiger partial charge on any atom is -0.494 e. The summed E-state index contributed by atoms with van der Waals surface area (Å²) in [5, 5.41) is 3.66. The van der Waals surface area contributed by atoms with Crippen molar-refractivity contribution < 1.29 is 19.1 Å². The normalized spacial score (nSPS) is 16.2. The van der Waals surface area contributed by atoms with E-state index in [4.69, 9.17) is 27.9 Å². The van der Waals surface area contributed by atoms with Gasteiger partial charge in [-0.05, 0) is 67.6 Å².